The normalized spacial score (nSPS) is 22.4. The van der Waals surface area contributed by atoms with Gasteiger partial charge in [0.25, 0.3) is 35.2 Å². The van der Waals surface area contributed by atoms with Crippen LogP contribution < -0.4 is 72.1 Å². The number of carboxylic acids is 2. The van der Waals surface area contributed by atoms with E-state index in [2.05, 4.69) is 42.5 Å². The second kappa shape index (κ2) is 37.4. The molecule has 2 aliphatic heterocycles. The van der Waals surface area contributed by atoms with Gasteiger partial charge < -0.3 is 102 Å². The SMILES string of the molecule is CC(=O)Nc1ccc(C(=O)NC[C@@H](O)C(O)[C@@H]2O[C@@](OCCCSCCNC(=O)c3ccc(C(=O)NCCSCCCO[C@]4(C(=O)O)C[C@H](O)[C@@H](NC(C)=O)[C@H](C(O)[C@H](O)CNC(=O)c5ccc(NC(C)=O)cc5)O4)cc3)(C(=O)O)C[C@H](O)[C@H]2NC(C)=O)cc1.[Na+]. The summed E-state index contributed by atoms with van der Waals surface area (Å²) in [4.78, 5) is 123. The maximum atomic E-state index is 12.9. The van der Waals surface area contributed by atoms with Crippen molar-refractivity contribution in [2.24, 2.45) is 0 Å². The summed E-state index contributed by atoms with van der Waals surface area (Å²) in [6, 6.07) is 14.7. The molecule has 3 aromatic carbocycles. The van der Waals surface area contributed by atoms with Crippen LogP contribution in [0.25, 0.3) is 0 Å². The van der Waals surface area contributed by atoms with Gasteiger partial charge in [0.15, 0.2) is 0 Å². The number of nitrogens with one attached hydrogen (secondary N) is 8. The molecule has 12 atom stereocenters. The summed E-state index contributed by atoms with van der Waals surface area (Å²) < 4.78 is 23.0. The van der Waals surface area contributed by atoms with Gasteiger partial charge in [-0.1, -0.05) is 0 Å². The molecule has 3 aromatic rings. The van der Waals surface area contributed by atoms with E-state index >= 15 is 0 Å². The Bertz CT molecular complexity index is 2770. The molecule has 16 N–H and O–H groups in total. The number of carboxylic acid groups (broad SMARTS) is 2. The molecular formula is C58H78N8NaO22S2+. The van der Waals surface area contributed by atoms with Crippen molar-refractivity contribution >= 4 is 94.1 Å². The van der Waals surface area contributed by atoms with Gasteiger partial charge in [0.1, 0.15) is 24.4 Å². The first kappa shape index (κ1) is 77.1. The number of aliphatic hydroxyl groups is 6. The van der Waals surface area contributed by atoms with Gasteiger partial charge in [-0.05, 0) is 97.1 Å². The predicted octanol–water partition coefficient (Wildman–Crippen LogP) is -4.48. The van der Waals surface area contributed by atoms with Gasteiger partial charge in [-0.2, -0.15) is 23.5 Å². The van der Waals surface area contributed by atoms with Gasteiger partial charge in [0.2, 0.25) is 23.6 Å². The van der Waals surface area contributed by atoms with Crippen LogP contribution in [0.2, 0.25) is 0 Å². The number of anilines is 2. The second-order valence-electron chi connectivity index (χ2n) is 21.0. The number of benzene rings is 3. The smallest absolute Gasteiger partial charge is 0.477 e. The van der Waals surface area contributed by atoms with Crippen LogP contribution in [0.15, 0.2) is 72.8 Å². The van der Waals surface area contributed by atoms with E-state index in [-0.39, 0.29) is 103 Å². The van der Waals surface area contributed by atoms with Crippen LogP contribution in [0.1, 0.15) is 94.8 Å². The average molecular weight is 1330 g/mol. The minimum Gasteiger partial charge on any atom is -0.477 e. The Morgan fingerprint density at radius 1 is 0.495 bits per heavy atom. The summed E-state index contributed by atoms with van der Waals surface area (Å²) >= 11 is 2.81. The number of hydrogen-bond acceptors (Lipinski definition) is 22. The van der Waals surface area contributed by atoms with Crippen molar-refractivity contribution in [1.29, 1.82) is 0 Å². The molecule has 494 valence electrons. The number of rotatable bonds is 34. The van der Waals surface area contributed by atoms with E-state index in [1.54, 1.807) is 0 Å². The van der Waals surface area contributed by atoms with Crippen LogP contribution in [0.3, 0.4) is 0 Å². The number of thioether (sulfide) groups is 2. The third-order valence-corrected chi connectivity index (χ3v) is 16.0. The minimum atomic E-state index is -2.51. The number of hydrogen-bond donors (Lipinski definition) is 16. The van der Waals surface area contributed by atoms with Gasteiger partial charge in [-0.3, -0.25) is 38.4 Å². The van der Waals surface area contributed by atoms with Crippen LogP contribution in [0.5, 0.6) is 0 Å². The Kier molecular flexibility index (Phi) is 31.7. The molecule has 2 unspecified atom stereocenters. The number of amides is 8. The van der Waals surface area contributed by atoms with Gasteiger partial charge in [-0.15, -0.1) is 0 Å². The maximum Gasteiger partial charge on any atom is 1.00 e. The van der Waals surface area contributed by atoms with Crippen molar-refractivity contribution in [3.8, 4) is 0 Å². The van der Waals surface area contributed by atoms with Gasteiger partial charge in [-0.25, -0.2) is 9.59 Å². The monoisotopic (exact) mass is 1330 g/mol. The average Bonchev–Trinajstić information content (AvgIpc) is 1.03. The first-order valence-electron chi connectivity index (χ1n) is 28.5. The topological polar surface area (TPSA) is 466 Å². The second-order valence-corrected chi connectivity index (χ2v) is 23.5. The summed E-state index contributed by atoms with van der Waals surface area (Å²) in [6.07, 6.45) is -15.0. The molecule has 0 spiro atoms. The number of aliphatic carboxylic acids is 2. The van der Waals surface area contributed by atoms with Crippen LogP contribution in [0.4, 0.5) is 11.4 Å². The molecule has 0 bridgehead atoms. The molecule has 2 heterocycles. The largest absolute Gasteiger partial charge is 1.00 e. The van der Waals surface area contributed by atoms with Crippen molar-refractivity contribution in [3.05, 3.63) is 95.1 Å². The van der Waals surface area contributed by atoms with E-state index in [9.17, 15) is 88.8 Å². The maximum absolute atomic E-state index is 12.9. The summed E-state index contributed by atoms with van der Waals surface area (Å²) in [5.41, 5.74) is 1.74. The van der Waals surface area contributed by atoms with Crippen LogP contribution >= 0.6 is 23.5 Å². The van der Waals surface area contributed by atoms with Crippen molar-refractivity contribution in [2.75, 3.05) is 73.0 Å². The van der Waals surface area contributed by atoms with E-state index in [1.807, 2.05) is 0 Å². The summed E-state index contributed by atoms with van der Waals surface area (Å²) in [5.74, 6) is -10.7. The molecule has 5 rings (SSSR count). The summed E-state index contributed by atoms with van der Waals surface area (Å²) in [6.45, 7) is 3.84. The molecule has 8 amide bonds. The molecule has 33 heteroatoms. The molecule has 0 saturated carbocycles. The standard InChI is InChI=1S/C58H78N8O22S2.Na/c1-31(67)63-39-15-11-37(12-16-39)53(79)61-29-43(73)47(75)49-45(65-33(3)69)41(71)27-57(87-49,55(81)82)85-21-5-23-89-25-19-59-51(77)35-7-9-36(10-8-35)52(78)60-20-26-90-24-6-22-86-58(56(83)84)28-42(72)46(66-34(4)70)50(88-58)48(76)44(74)30-62-54(80)38-13-17-40(18-14-38)64-32(2)68;/h7-18,41-50,71-76H,5-6,19-30H2,1-4H3,(H,59,77)(H,60,78)(H,61,79)(H,62,80)(H,63,67)(H,64,68)(H,65,69)(H,66,70)(H,81,82)(H,83,84);/q;+1/t41-,42-,43+,44+,45+,46+,47?,48?,49+,50+,57+,58+;/m0./s1. The molecule has 2 fully saturated rings. The Balaban J connectivity index is 0.0000177. The fourth-order valence-corrected chi connectivity index (χ4v) is 11.0. The number of ether oxygens (including phenoxy) is 4. The van der Waals surface area contributed by atoms with E-state index < -0.39 is 146 Å². The van der Waals surface area contributed by atoms with Crippen molar-refractivity contribution in [3.63, 3.8) is 0 Å². The molecule has 2 aliphatic rings. The first-order valence-corrected chi connectivity index (χ1v) is 30.8. The Hall–Kier alpha value is -6.34. The number of aliphatic hydroxyl groups excluding tert-OH is 6. The van der Waals surface area contributed by atoms with E-state index in [4.69, 9.17) is 18.9 Å². The number of carbonyl (C=O) groups excluding carboxylic acids is 8. The van der Waals surface area contributed by atoms with Crippen molar-refractivity contribution < 1.29 is 137 Å². The molecule has 2 saturated heterocycles. The van der Waals surface area contributed by atoms with Crippen molar-refractivity contribution in [1.82, 2.24) is 31.9 Å². The molecule has 0 aliphatic carbocycles. The quantitative estimate of drug-likeness (QED) is 0.0198. The molecule has 0 radical (unpaired) electrons. The summed E-state index contributed by atoms with van der Waals surface area (Å²) in [7, 11) is 0. The molecular weight excluding hydrogens is 1250 g/mol. The summed E-state index contributed by atoms with van der Waals surface area (Å²) in [5, 5.41) is 107. The van der Waals surface area contributed by atoms with Gasteiger partial charge >= 0.3 is 41.5 Å². The fraction of sp³-hybridized carbons (Fsp3) is 0.517. The minimum absolute atomic E-state index is 0. The zero-order valence-corrected chi connectivity index (χ0v) is 54.3. The van der Waals surface area contributed by atoms with Crippen molar-refractivity contribution in [2.45, 2.75) is 126 Å². The Morgan fingerprint density at radius 3 is 1.10 bits per heavy atom. The predicted molar refractivity (Wildman–Crippen MR) is 324 cm³/mol. The van der Waals surface area contributed by atoms with Gasteiger partial charge in [0.05, 0.1) is 49.7 Å². The third-order valence-electron chi connectivity index (χ3n) is 13.9. The number of carbonyl (C=O) groups is 10. The van der Waals surface area contributed by atoms with Crippen LogP contribution in [-0.2, 0) is 47.7 Å². The molecule has 91 heavy (non-hydrogen) atoms. The van der Waals surface area contributed by atoms with E-state index in [0.29, 0.717) is 34.4 Å². The zero-order chi connectivity index (χ0) is 66.3. The third kappa shape index (κ3) is 23.6. The van der Waals surface area contributed by atoms with Crippen LogP contribution in [-0.4, -0.2) is 235 Å². The Morgan fingerprint density at radius 2 is 0.802 bits per heavy atom. The molecule has 0 aromatic heterocycles. The van der Waals surface area contributed by atoms with Crippen LogP contribution in [0, 0.1) is 0 Å². The molecule has 30 nitrogen and oxygen atoms in total. The van der Waals surface area contributed by atoms with E-state index in [1.165, 1.54) is 110 Å². The van der Waals surface area contributed by atoms with Gasteiger partial charge in [0, 0.05) is 112 Å². The zero-order valence-electron chi connectivity index (χ0n) is 50.7. The first-order chi connectivity index (χ1) is 42.6. The van der Waals surface area contributed by atoms with E-state index in [0.717, 1.165) is 13.8 Å². The Labute approximate surface area is 554 Å². The fourth-order valence-electron chi connectivity index (χ4n) is 9.45.